The van der Waals surface area contributed by atoms with Crippen LogP contribution in [0.5, 0.6) is 0 Å². The highest BCUT2D eigenvalue weighted by molar-refractivity contribution is 7.80. The lowest BCUT2D eigenvalue weighted by atomic mass is 10.4. The molecule has 0 rings (SSSR count). The van der Waals surface area contributed by atoms with Gasteiger partial charge in [-0.3, -0.25) is 4.79 Å². The fourth-order valence-corrected chi connectivity index (χ4v) is 0.767. The third-order valence-electron chi connectivity index (χ3n) is 1.29. The Balaban J connectivity index is 3.33. The Labute approximate surface area is 78.7 Å². The van der Waals surface area contributed by atoms with E-state index in [4.69, 9.17) is 5.73 Å². The maximum absolute atomic E-state index is 11.0. The summed E-state index contributed by atoms with van der Waals surface area (Å²) >= 11 is 4.04. The van der Waals surface area contributed by atoms with E-state index < -0.39 is 0 Å². The molecule has 0 aliphatic carbocycles. The predicted octanol–water partition coefficient (Wildman–Crippen LogP) is -1.03. The van der Waals surface area contributed by atoms with Crippen LogP contribution in [-0.4, -0.2) is 37.3 Å². The quantitative estimate of drug-likeness (QED) is 0.320. The van der Waals surface area contributed by atoms with Crippen LogP contribution in [0.2, 0.25) is 0 Å². The van der Waals surface area contributed by atoms with E-state index >= 15 is 0 Å². The monoisotopic (exact) mass is 191 g/mol. The summed E-state index contributed by atoms with van der Waals surface area (Å²) in [5.74, 6) is 0.646. The molecule has 72 valence electrons. The van der Waals surface area contributed by atoms with Gasteiger partial charge in [0, 0.05) is 24.9 Å². The molecule has 0 aliphatic heterocycles. The molecule has 5 heteroatoms. The number of carbonyl (C=O) groups excluding carboxylic acids is 1. The smallest absolute Gasteiger partial charge is 0.234 e. The largest absolute Gasteiger partial charge is 0.352 e. The SMILES string of the molecule is CC(CS)NC(=O)CNCCN. The van der Waals surface area contributed by atoms with Crippen molar-refractivity contribution in [3.63, 3.8) is 0 Å². The first-order valence-electron chi connectivity index (χ1n) is 4.01. The van der Waals surface area contributed by atoms with E-state index in [1.807, 2.05) is 6.92 Å². The summed E-state index contributed by atoms with van der Waals surface area (Å²) in [6.07, 6.45) is 0. The Morgan fingerprint density at radius 2 is 2.33 bits per heavy atom. The van der Waals surface area contributed by atoms with Crippen molar-refractivity contribution in [2.45, 2.75) is 13.0 Å². The molecule has 1 amide bonds. The van der Waals surface area contributed by atoms with E-state index in [0.29, 0.717) is 25.4 Å². The summed E-state index contributed by atoms with van der Waals surface area (Å²) in [6, 6.07) is 0.125. The van der Waals surface area contributed by atoms with Crippen molar-refractivity contribution in [2.75, 3.05) is 25.4 Å². The molecule has 0 fully saturated rings. The summed E-state index contributed by atoms with van der Waals surface area (Å²) < 4.78 is 0. The van der Waals surface area contributed by atoms with Crippen molar-refractivity contribution in [3.05, 3.63) is 0 Å². The Morgan fingerprint density at radius 1 is 1.67 bits per heavy atom. The van der Waals surface area contributed by atoms with Crippen molar-refractivity contribution < 1.29 is 4.79 Å². The van der Waals surface area contributed by atoms with Crippen LogP contribution in [0.4, 0.5) is 0 Å². The zero-order valence-electron chi connectivity index (χ0n) is 7.34. The maximum Gasteiger partial charge on any atom is 0.234 e. The molecule has 0 heterocycles. The van der Waals surface area contributed by atoms with Gasteiger partial charge in [0.25, 0.3) is 0 Å². The average molecular weight is 191 g/mol. The lowest BCUT2D eigenvalue weighted by Gasteiger charge is -2.10. The molecule has 0 saturated heterocycles. The molecule has 0 bridgehead atoms. The van der Waals surface area contributed by atoms with Gasteiger partial charge in [-0.2, -0.15) is 12.6 Å². The highest BCUT2D eigenvalue weighted by Crippen LogP contribution is 1.83. The van der Waals surface area contributed by atoms with E-state index in [-0.39, 0.29) is 11.9 Å². The molecular weight excluding hydrogens is 174 g/mol. The van der Waals surface area contributed by atoms with Gasteiger partial charge < -0.3 is 16.4 Å². The van der Waals surface area contributed by atoms with Crippen molar-refractivity contribution in [1.29, 1.82) is 0 Å². The molecule has 0 spiro atoms. The van der Waals surface area contributed by atoms with Crippen LogP contribution in [0.3, 0.4) is 0 Å². The Morgan fingerprint density at radius 3 is 2.83 bits per heavy atom. The van der Waals surface area contributed by atoms with Gasteiger partial charge in [0.2, 0.25) is 5.91 Å². The number of nitrogens with one attached hydrogen (secondary N) is 2. The van der Waals surface area contributed by atoms with Gasteiger partial charge in [-0.15, -0.1) is 0 Å². The standard InChI is InChI=1S/C7H17N3OS/c1-6(5-12)10-7(11)4-9-3-2-8/h6,9,12H,2-5,8H2,1H3,(H,10,11). The maximum atomic E-state index is 11.0. The van der Waals surface area contributed by atoms with E-state index in [1.54, 1.807) is 0 Å². The number of amides is 1. The van der Waals surface area contributed by atoms with Crippen molar-refractivity contribution in [3.8, 4) is 0 Å². The number of carbonyl (C=O) groups is 1. The van der Waals surface area contributed by atoms with Gasteiger partial charge in [0.1, 0.15) is 0 Å². The van der Waals surface area contributed by atoms with Crippen LogP contribution in [0, 0.1) is 0 Å². The van der Waals surface area contributed by atoms with Crippen LogP contribution < -0.4 is 16.4 Å². The third kappa shape index (κ3) is 6.45. The number of thiol groups is 1. The number of rotatable bonds is 6. The minimum Gasteiger partial charge on any atom is -0.352 e. The lowest BCUT2D eigenvalue weighted by Crippen LogP contribution is -2.40. The van der Waals surface area contributed by atoms with Crippen LogP contribution in [0.25, 0.3) is 0 Å². The minimum atomic E-state index is -0.00926. The molecule has 0 aromatic heterocycles. The summed E-state index contributed by atoms with van der Waals surface area (Å²) in [5, 5.41) is 5.67. The summed E-state index contributed by atoms with van der Waals surface area (Å²) in [5.41, 5.74) is 5.24. The second-order valence-corrected chi connectivity index (χ2v) is 2.98. The van der Waals surface area contributed by atoms with Crippen molar-refractivity contribution in [2.24, 2.45) is 5.73 Å². The van der Waals surface area contributed by atoms with E-state index in [2.05, 4.69) is 23.3 Å². The molecule has 0 aliphatic rings. The molecule has 1 atom stereocenters. The zero-order chi connectivity index (χ0) is 9.40. The molecule has 0 aromatic carbocycles. The highest BCUT2D eigenvalue weighted by atomic mass is 32.1. The molecule has 4 N–H and O–H groups in total. The second kappa shape index (κ2) is 7.39. The van der Waals surface area contributed by atoms with Gasteiger partial charge in [-0.25, -0.2) is 0 Å². The Hall–Kier alpha value is -0.260. The van der Waals surface area contributed by atoms with E-state index in [1.165, 1.54) is 0 Å². The first-order valence-corrected chi connectivity index (χ1v) is 4.65. The first-order chi connectivity index (χ1) is 5.70. The minimum absolute atomic E-state index is 0.00926. The molecule has 0 saturated carbocycles. The van der Waals surface area contributed by atoms with Crippen molar-refractivity contribution >= 4 is 18.5 Å². The Kier molecular flexibility index (Phi) is 7.23. The fraction of sp³-hybridized carbons (Fsp3) is 0.857. The van der Waals surface area contributed by atoms with Crippen LogP contribution in [-0.2, 0) is 4.79 Å². The highest BCUT2D eigenvalue weighted by Gasteiger charge is 2.03. The molecule has 0 radical (unpaired) electrons. The Bertz CT molecular complexity index is 132. The number of hydrogen-bond donors (Lipinski definition) is 4. The number of hydrogen-bond acceptors (Lipinski definition) is 4. The van der Waals surface area contributed by atoms with Crippen LogP contribution >= 0.6 is 12.6 Å². The molecule has 4 nitrogen and oxygen atoms in total. The third-order valence-corrected chi connectivity index (χ3v) is 1.84. The van der Waals surface area contributed by atoms with Crippen LogP contribution in [0.15, 0.2) is 0 Å². The van der Waals surface area contributed by atoms with Gasteiger partial charge in [-0.05, 0) is 6.92 Å². The van der Waals surface area contributed by atoms with Gasteiger partial charge in [0.05, 0.1) is 6.54 Å². The molecular formula is C7H17N3OS. The summed E-state index contributed by atoms with van der Waals surface area (Å²) in [6.45, 7) is 3.46. The van der Waals surface area contributed by atoms with E-state index in [0.717, 1.165) is 0 Å². The van der Waals surface area contributed by atoms with Crippen LogP contribution in [0.1, 0.15) is 6.92 Å². The predicted molar refractivity (Wildman–Crippen MR) is 53.4 cm³/mol. The zero-order valence-corrected chi connectivity index (χ0v) is 8.23. The van der Waals surface area contributed by atoms with Gasteiger partial charge in [0.15, 0.2) is 0 Å². The molecule has 0 aromatic rings. The van der Waals surface area contributed by atoms with E-state index in [9.17, 15) is 4.79 Å². The van der Waals surface area contributed by atoms with Gasteiger partial charge in [-0.1, -0.05) is 0 Å². The second-order valence-electron chi connectivity index (χ2n) is 2.62. The number of nitrogens with two attached hydrogens (primary N) is 1. The normalized spacial score (nSPS) is 12.6. The van der Waals surface area contributed by atoms with Gasteiger partial charge >= 0.3 is 0 Å². The summed E-state index contributed by atoms with van der Waals surface area (Å²) in [7, 11) is 0. The molecule has 1 unspecified atom stereocenters. The summed E-state index contributed by atoms with van der Waals surface area (Å²) in [4.78, 5) is 11.0. The average Bonchev–Trinajstić information content (AvgIpc) is 2.05. The fourth-order valence-electron chi connectivity index (χ4n) is 0.675. The first kappa shape index (κ1) is 11.7. The molecule has 12 heavy (non-hydrogen) atoms. The topological polar surface area (TPSA) is 67.2 Å². The van der Waals surface area contributed by atoms with Crippen molar-refractivity contribution in [1.82, 2.24) is 10.6 Å². The lowest BCUT2D eigenvalue weighted by molar-refractivity contribution is -0.120.